The number of aryl methyl sites for hydroxylation is 1. The van der Waals surface area contributed by atoms with Crippen LogP contribution in [0.5, 0.6) is 0 Å². The van der Waals surface area contributed by atoms with Gasteiger partial charge in [0, 0.05) is 11.9 Å². The van der Waals surface area contributed by atoms with Gasteiger partial charge in [0.05, 0.1) is 5.39 Å². The van der Waals surface area contributed by atoms with Gasteiger partial charge < -0.3 is 0 Å². The Morgan fingerprint density at radius 1 is 1.32 bits per heavy atom. The Hall–Kier alpha value is -3.03. The van der Waals surface area contributed by atoms with Crippen LogP contribution < -0.4 is 10.9 Å². The number of fused-ring (bicyclic) bond motifs is 1. The van der Waals surface area contributed by atoms with Gasteiger partial charge in [0.2, 0.25) is 5.95 Å². The number of rotatable bonds is 4. The van der Waals surface area contributed by atoms with Gasteiger partial charge in [-0.05, 0) is 12.5 Å². The molecule has 1 amide bonds. The largest absolute Gasteiger partial charge is 0.289 e. The average molecular weight is 298 g/mol. The van der Waals surface area contributed by atoms with Crippen LogP contribution in [0.4, 0.5) is 5.95 Å². The van der Waals surface area contributed by atoms with E-state index in [1.54, 1.807) is 24.3 Å². The molecule has 3 rings (SSSR count). The number of nitrogens with zero attached hydrogens (tertiary/aromatic N) is 4. The maximum atomic E-state index is 12.4. The first kappa shape index (κ1) is 13.9. The van der Waals surface area contributed by atoms with Crippen LogP contribution in [0.15, 0.2) is 35.4 Å². The average Bonchev–Trinajstić information content (AvgIpc) is 3.03. The van der Waals surface area contributed by atoms with Crippen molar-refractivity contribution in [1.82, 2.24) is 25.0 Å². The SMILES string of the molecule is CCCn1nc(C(=O)Nc2ncn[nH]2)c2ccccc2c1=O. The fourth-order valence-corrected chi connectivity index (χ4v) is 2.20. The Labute approximate surface area is 125 Å². The molecule has 0 spiro atoms. The smallest absolute Gasteiger partial charge is 0.279 e. The lowest BCUT2D eigenvalue weighted by atomic mass is 10.1. The second kappa shape index (κ2) is 5.76. The minimum absolute atomic E-state index is 0.181. The van der Waals surface area contributed by atoms with Gasteiger partial charge in [-0.3, -0.25) is 14.9 Å². The summed E-state index contributed by atoms with van der Waals surface area (Å²) in [5.74, 6) is -0.220. The van der Waals surface area contributed by atoms with Crippen molar-refractivity contribution in [2.75, 3.05) is 5.32 Å². The van der Waals surface area contributed by atoms with Crippen LogP contribution in [0.25, 0.3) is 10.8 Å². The van der Waals surface area contributed by atoms with E-state index < -0.39 is 5.91 Å². The van der Waals surface area contributed by atoms with Crippen LogP contribution >= 0.6 is 0 Å². The van der Waals surface area contributed by atoms with Crippen molar-refractivity contribution in [2.45, 2.75) is 19.9 Å². The van der Waals surface area contributed by atoms with Crippen molar-refractivity contribution in [3.63, 3.8) is 0 Å². The molecule has 112 valence electrons. The van der Waals surface area contributed by atoms with E-state index in [0.29, 0.717) is 17.3 Å². The first-order valence-electron chi connectivity index (χ1n) is 6.87. The third-order valence-electron chi connectivity index (χ3n) is 3.17. The highest BCUT2D eigenvalue weighted by Gasteiger charge is 2.17. The number of benzene rings is 1. The van der Waals surface area contributed by atoms with Crippen molar-refractivity contribution in [1.29, 1.82) is 0 Å². The summed E-state index contributed by atoms with van der Waals surface area (Å²) in [4.78, 5) is 28.6. The van der Waals surface area contributed by atoms with Gasteiger partial charge in [-0.15, -0.1) is 0 Å². The fourth-order valence-electron chi connectivity index (χ4n) is 2.20. The molecule has 1 aromatic carbocycles. The molecule has 0 aliphatic heterocycles. The Kier molecular flexibility index (Phi) is 3.65. The maximum absolute atomic E-state index is 12.4. The van der Waals surface area contributed by atoms with E-state index in [1.807, 2.05) is 6.92 Å². The molecule has 0 fully saturated rings. The van der Waals surface area contributed by atoms with Crippen molar-refractivity contribution in [3.8, 4) is 0 Å². The second-order valence-electron chi connectivity index (χ2n) is 4.71. The molecule has 0 atom stereocenters. The lowest BCUT2D eigenvalue weighted by molar-refractivity contribution is 0.102. The Morgan fingerprint density at radius 3 is 2.77 bits per heavy atom. The normalized spacial score (nSPS) is 10.8. The van der Waals surface area contributed by atoms with Crippen molar-refractivity contribution in [3.05, 3.63) is 46.6 Å². The van der Waals surface area contributed by atoms with E-state index in [4.69, 9.17) is 0 Å². The lowest BCUT2D eigenvalue weighted by Crippen LogP contribution is -2.27. The zero-order valence-electron chi connectivity index (χ0n) is 11.9. The summed E-state index contributed by atoms with van der Waals surface area (Å²) >= 11 is 0. The molecular weight excluding hydrogens is 284 g/mol. The topological polar surface area (TPSA) is 106 Å². The number of amides is 1. The van der Waals surface area contributed by atoms with Gasteiger partial charge in [-0.1, -0.05) is 25.1 Å². The highest BCUT2D eigenvalue weighted by atomic mass is 16.2. The van der Waals surface area contributed by atoms with Gasteiger partial charge in [0.15, 0.2) is 5.69 Å². The van der Waals surface area contributed by atoms with Crippen LogP contribution in [0.1, 0.15) is 23.8 Å². The van der Waals surface area contributed by atoms with Crippen LogP contribution in [0, 0.1) is 0 Å². The first-order valence-corrected chi connectivity index (χ1v) is 6.87. The summed E-state index contributed by atoms with van der Waals surface area (Å²) in [6.07, 6.45) is 2.04. The number of H-pyrrole nitrogens is 1. The third-order valence-corrected chi connectivity index (χ3v) is 3.17. The molecule has 0 saturated carbocycles. The van der Waals surface area contributed by atoms with E-state index in [2.05, 4.69) is 25.6 Å². The van der Waals surface area contributed by atoms with Crippen LogP contribution in [-0.4, -0.2) is 30.9 Å². The molecule has 8 nitrogen and oxygen atoms in total. The zero-order valence-corrected chi connectivity index (χ0v) is 11.9. The van der Waals surface area contributed by atoms with E-state index in [0.717, 1.165) is 6.42 Å². The van der Waals surface area contributed by atoms with E-state index in [1.165, 1.54) is 11.0 Å². The number of carbonyl (C=O) groups is 1. The molecule has 2 aromatic heterocycles. The molecule has 2 heterocycles. The van der Waals surface area contributed by atoms with Crippen LogP contribution in [0.2, 0.25) is 0 Å². The second-order valence-corrected chi connectivity index (χ2v) is 4.71. The molecule has 0 radical (unpaired) electrons. The number of anilines is 1. The summed E-state index contributed by atoms with van der Waals surface area (Å²) in [6, 6.07) is 6.92. The monoisotopic (exact) mass is 298 g/mol. The molecule has 0 aliphatic carbocycles. The number of carbonyl (C=O) groups excluding carboxylic acids is 1. The third kappa shape index (κ3) is 2.46. The molecule has 0 aliphatic rings. The number of aromatic nitrogens is 5. The summed E-state index contributed by atoms with van der Waals surface area (Å²) in [6.45, 7) is 2.39. The van der Waals surface area contributed by atoms with Gasteiger partial charge in [0.25, 0.3) is 11.5 Å². The quantitative estimate of drug-likeness (QED) is 0.752. The molecule has 3 aromatic rings. The summed E-state index contributed by atoms with van der Waals surface area (Å²) in [7, 11) is 0. The Morgan fingerprint density at radius 2 is 2.09 bits per heavy atom. The molecule has 22 heavy (non-hydrogen) atoms. The summed E-state index contributed by atoms with van der Waals surface area (Å²) < 4.78 is 1.32. The van der Waals surface area contributed by atoms with E-state index in [9.17, 15) is 9.59 Å². The lowest BCUT2D eigenvalue weighted by Gasteiger charge is -2.09. The van der Waals surface area contributed by atoms with Crippen LogP contribution in [0.3, 0.4) is 0 Å². The molecular formula is C14H14N6O2. The highest BCUT2D eigenvalue weighted by Crippen LogP contribution is 2.14. The van der Waals surface area contributed by atoms with Crippen LogP contribution in [-0.2, 0) is 6.54 Å². The maximum Gasteiger partial charge on any atom is 0.279 e. The molecule has 0 unspecified atom stereocenters. The van der Waals surface area contributed by atoms with E-state index in [-0.39, 0.29) is 17.2 Å². The Balaban J connectivity index is 2.13. The predicted molar refractivity (Wildman–Crippen MR) is 80.6 cm³/mol. The number of nitrogens with one attached hydrogen (secondary N) is 2. The van der Waals surface area contributed by atoms with Gasteiger partial charge in [-0.2, -0.15) is 15.2 Å². The predicted octanol–water partition coefficient (Wildman–Crippen LogP) is 1.18. The standard InChI is InChI=1S/C14H14N6O2/c1-2-7-20-13(22)10-6-4-3-5-9(10)11(19-20)12(21)17-14-15-8-16-18-14/h3-6,8H,2,7H2,1H3,(H2,15,16,17,18,21). The van der Waals surface area contributed by atoms with Gasteiger partial charge >= 0.3 is 0 Å². The van der Waals surface area contributed by atoms with Crippen molar-refractivity contribution < 1.29 is 4.79 Å². The summed E-state index contributed by atoms with van der Waals surface area (Å²) in [5.41, 5.74) is -0.0197. The number of hydrogen-bond acceptors (Lipinski definition) is 5. The molecule has 0 bridgehead atoms. The van der Waals surface area contributed by atoms with E-state index >= 15 is 0 Å². The minimum Gasteiger partial charge on any atom is -0.289 e. The molecule has 8 heteroatoms. The Bertz CT molecular complexity index is 869. The highest BCUT2D eigenvalue weighted by molar-refractivity contribution is 6.10. The van der Waals surface area contributed by atoms with Gasteiger partial charge in [0.1, 0.15) is 6.33 Å². The molecule has 2 N–H and O–H groups in total. The molecule has 0 saturated heterocycles. The first-order chi connectivity index (χ1) is 10.7. The fraction of sp³-hybridized carbons (Fsp3) is 0.214. The number of aromatic amines is 1. The van der Waals surface area contributed by atoms with Crippen molar-refractivity contribution >= 4 is 22.6 Å². The summed E-state index contributed by atoms with van der Waals surface area (Å²) in [5, 5.41) is 14.0. The number of hydrogen-bond donors (Lipinski definition) is 2. The minimum atomic E-state index is -0.446. The van der Waals surface area contributed by atoms with Crippen molar-refractivity contribution in [2.24, 2.45) is 0 Å². The van der Waals surface area contributed by atoms with Gasteiger partial charge in [-0.25, -0.2) is 9.78 Å². The zero-order chi connectivity index (χ0) is 15.5.